The summed E-state index contributed by atoms with van der Waals surface area (Å²) in [6, 6.07) is 8.51. The van der Waals surface area contributed by atoms with E-state index in [0.717, 1.165) is 4.47 Å². The highest BCUT2D eigenvalue weighted by molar-refractivity contribution is 9.10. The van der Waals surface area contributed by atoms with Crippen LogP contribution >= 0.6 is 15.9 Å². The lowest BCUT2D eigenvalue weighted by atomic mass is 10.00. The van der Waals surface area contributed by atoms with E-state index in [1.54, 1.807) is 30.3 Å². The number of carbonyl (C=O) groups excluding carboxylic acids is 2. The first-order valence-electron chi connectivity index (χ1n) is 5.11. The van der Waals surface area contributed by atoms with Crippen LogP contribution in [0.25, 0.3) is 0 Å². The number of nitriles is 1. The van der Waals surface area contributed by atoms with E-state index in [-0.39, 0.29) is 5.57 Å². The van der Waals surface area contributed by atoms with Crippen LogP contribution in [0.15, 0.2) is 40.9 Å². The lowest BCUT2D eigenvalue weighted by Crippen LogP contribution is -2.28. The zero-order valence-electron chi connectivity index (χ0n) is 9.74. The fourth-order valence-electron chi connectivity index (χ4n) is 1.23. The van der Waals surface area contributed by atoms with Crippen molar-refractivity contribution in [2.24, 2.45) is 5.92 Å². The number of nitrogens with one attached hydrogen (secondary N) is 1. The molecule has 0 fully saturated rings. The maximum absolute atomic E-state index is 11.8. The number of ketones is 1. The molecule has 1 amide bonds. The molecule has 0 saturated carbocycles. The Balaban J connectivity index is 2.81. The van der Waals surface area contributed by atoms with Crippen molar-refractivity contribution < 1.29 is 9.59 Å². The van der Waals surface area contributed by atoms with E-state index in [9.17, 15) is 9.59 Å². The highest BCUT2D eigenvalue weighted by Crippen LogP contribution is 2.15. The molecule has 92 valence electrons. The van der Waals surface area contributed by atoms with Crippen molar-refractivity contribution in [2.45, 2.75) is 6.92 Å². The predicted molar refractivity (Wildman–Crippen MR) is 71.7 cm³/mol. The Morgan fingerprint density at radius 3 is 2.39 bits per heavy atom. The van der Waals surface area contributed by atoms with Crippen molar-refractivity contribution in [1.82, 2.24) is 0 Å². The van der Waals surface area contributed by atoms with Gasteiger partial charge in [-0.15, -0.1) is 0 Å². The second kappa shape index (κ2) is 6.12. The molecule has 0 aliphatic heterocycles. The molecule has 0 saturated heterocycles. The molecular weight excluding hydrogens is 296 g/mol. The molecule has 1 unspecified atom stereocenters. The minimum absolute atomic E-state index is 0.188. The highest BCUT2D eigenvalue weighted by atomic mass is 79.9. The van der Waals surface area contributed by atoms with Gasteiger partial charge >= 0.3 is 0 Å². The number of hydrogen-bond acceptors (Lipinski definition) is 3. The summed E-state index contributed by atoms with van der Waals surface area (Å²) >= 11 is 3.27. The minimum atomic E-state index is -1.36. The first-order valence-corrected chi connectivity index (χ1v) is 5.90. The van der Waals surface area contributed by atoms with Gasteiger partial charge in [0.05, 0.1) is 6.07 Å². The van der Waals surface area contributed by atoms with Gasteiger partial charge in [0.15, 0.2) is 11.7 Å². The standard InChI is InChI=1S/C13H11BrN2O2/c1-8(2)12(17)11(7-15)13(18)16-10-5-3-9(14)4-6-10/h3-6,11H,1H2,2H3,(H,16,18). The number of carbonyl (C=O) groups is 2. The highest BCUT2D eigenvalue weighted by Gasteiger charge is 2.26. The van der Waals surface area contributed by atoms with Gasteiger partial charge in [-0.2, -0.15) is 5.26 Å². The van der Waals surface area contributed by atoms with Gasteiger partial charge in [0.1, 0.15) is 0 Å². The molecule has 1 aromatic carbocycles. The molecule has 0 heterocycles. The van der Waals surface area contributed by atoms with Crippen LogP contribution in [0.1, 0.15) is 6.92 Å². The van der Waals surface area contributed by atoms with E-state index in [1.165, 1.54) is 6.92 Å². The third kappa shape index (κ3) is 3.54. The average Bonchev–Trinajstić information content (AvgIpc) is 2.32. The fraction of sp³-hybridized carbons (Fsp3) is 0.154. The summed E-state index contributed by atoms with van der Waals surface area (Å²) in [5.74, 6) is -2.56. The SMILES string of the molecule is C=C(C)C(=O)C(C#N)C(=O)Nc1ccc(Br)cc1. The van der Waals surface area contributed by atoms with Crippen molar-refractivity contribution in [3.63, 3.8) is 0 Å². The number of anilines is 1. The molecule has 0 aliphatic rings. The number of rotatable bonds is 4. The fourth-order valence-corrected chi connectivity index (χ4v) is 1.49. The molecule has 1 atom stereocenters. The first-order chi connectivity index (χ1) is 8.45. The molecule has 4 nitrogen and oxygen atoms in total. The molecular formula is C13H11BrN2O2. The van der Waals surface area contributed by atoms with Gasteiger partial charge in [-0.1, -0.05) is 22.5 Å². The Bertz CT molecular complexity index is 529. The Kier molecular flexibility index (Phi) is 4.81. The number of Topliss-reactive ketones (excluding diaryl/α,β-unsaturated/α-hetero) is 1. The van der Waals surface area contributed by atoms with Crippen LogP contribution in [0.4, 0.5) is 5.69 Å². The Labute approximate surface area is 113 Å². The van der Waals surface area contributed by atoms with Crippen LogP contribution in [0, 0.1) is 17.2 Å². The van der Waals surface area contributed by atoms with Crippen LogP contribution in [-0.2, 0) is 9.59 Å². The molecule has 18 heavy (non-hydrogen) atoms. The lowest BCUT2D eigenvalue weighted by Gasteiger charge is -2.09. The van der Waals surface area contributed by atoms with Crippen LogP contribution in [0.5, 0.6) is 0 Å². The number of benzene rings is 1. The van der Waals surface area contributed by atoms with Gasteiger partial charge in [-0.05, 0) is 36.8 Å². The number of hydrogen-bond donors (Lipinski definition) is 1. The minimum Gasteiger partial charge on any atom is -0.325 e. The first kappa shape index (κ1) is 14.1. The van der Waals surface area contributed by atoms with Crippen molar-refractivity contribution in [3.05, 3.63) is 40.9 Å². The van der Waals surface area contributed by atoms with Gasteiger partial charge in [0.2, 0.25) is 5.91 Å². The summed E-state index contributed by atoms with van der Waals surface area (Å²) in [6.45, 7) is 4.91. The average molecular weight is 307 g/mol. The zero-order valence-corrected chi connectivity index (χ0v) is 11.3. The topological polar surface area (TPSA) is 70.0 Å². The Morgan fingerprint density at radius 2 is 1.94 bits per heavy atom. The number of halogens is 1. The third-order valence-corrected chi connectivity index (χ3v) is 2.71. The van der Waals surface area contributed by atoms with Crippen molar-refractivity contribution >= 4 is 33.3 Å². The van der Waals surface area contributed by atoms with E-state index >= 15 is 0 Å². The second-order valence-corrected chi connectivity index (χ2v) is 4.62. The van der Waals surface area contributed by atoms with Gasteiger partial charge in [-0.25, -0.2) is 0 Å². The van der Waals surface area contributed by atoms with E-state index < -0.39 is 17.6 Å². The summed E-state index contributed by atoms with van der Waals surface area (Å²) in [4.78, 5) is 23.3. The second-order valence-electron chi connectivity index (χ2n) is 3.70. The maximum atomic E-state index is 11.8. The summed E-state index contributed by atoms with van der Waals surface area (Å²) in [7, 11) is 0. The zero-order chi connectivity index (χ0) is 13.7. The lowest BCUT2D eigenvalue weighted by molar-refractivity contribution is -0.126. The maximum Gasteiger partial charge on any atom is 0.249 e. The summed E-state index contributed by atoms with van der Waals surface area (Å²) < 4.78 is 0.871. The molecule has 0 bridgehead atoms. The monoisotopic (exact) mass is 306 g/mol. The van der Waals surface area contributed by atoms with Crippen LogP contribution < -0.4 is 5.32 Å². The predicted octanol–water partition coefficient (Wildman–Crippen LogP) is 2.67. The summed E-state index contributed by atoms with van der Waals surface area (Å²) in [6.07, 6.45) is 0. The van der Waals surface area contributed by atoms with Crippen molar-refractivity contribution in [3.8, 4) is 6.07 Å². The number of allylic oxidation sites excluding steroid dienone is 1. The third-order valence-electron chi connectivity index (χ3n) is 2.19. The Morgan fingerprint density at radius 1 is 1.39 bits per heavy atom. The van der Waals surface area contributed by atoms with E-state index in [2.05, 4.69) is 27.8 Å². The van der Waals surface area contributed by atoms with Gasteiger partial charge < -0.3 is 5.32 Å². The number of nitrogens with zero attached hydrogens (tertiary/aromatic N) is 1. The van der Waals surface area contributed by atoms with E-state index in [1.807, 2.05) is 0 Å². The number of amides is 1. The van der Waals surface area contributed by atoms with E-state index in [0.29, 0.717) is 5.69 Å². The van der Waals surface area contributed by atoms with Crippen molar-refractivity contribution in [1.29, 1.82) is 5.26 Å². The van der Waals surface area contributed by atoms with Crippen LogP contribution in [0.2, 0.25) is 0 Å². The molecule has 5 heteroatoms. The van der Waals surface area contributed by atoms with Crippen molar-refractivity contribution in [2.75, 3.05) is 5.32 Å². The summed E-state index contributed by atoms with van der Waals surface area (Å²) in [5, 5.41) is 11.4. The van der Waals surface area contributed by atoms with Gasteiger partial charge in [0.25, 0.3) is 0 Å². The molecule has 0 spiro atoms. The normalized spacial score (nSPS) is 11.2. The molecule has 1 aromatic rings. The molecule has 1 N–H and O–H groups in total. The van der Waals surface area contributed by atoms with E-state index in [4.69, 9.17) is 5.26 Å². The smallest absolute Gasteiger partial charge is 0.249 e. The molecule has 0 aromatic heterocycles. The molecule has 0 radical (unpaired) electrons. The largest absolute Gasteiger partial charge is 0.325 e. The molecule has 0 aliphatic carbocycles. The van der Waals surface area contributed by atoms with Gasteiger partial charge in [-0.3, -0.25) is 9.59 Å². The van der Waals surface area contributed by atoms with Crippen LogP contribution in [0.3, 0.4) is 0 Å². The van der Waals surface area contributed by atoms with Gasteiger partial charge in [0, 0.05) is 10.2 Å². The molecule has 1 rings (SSSR count). The Hall–Kier alpha value is -1.93. The quantitative estimate of drug-likeness (QED) is 0.687. The van der Waals surface area contributed by atoms with Crippen LogP contribution in [-0.4, -0.2) is 11.7 Å². The summed E-state index contributed by atoms with van der Waals surface area (Å²) in [5.41, 5.74) is 0.713.